The third kappa shape index (κ3) is 3.46. The van der Waals surface area contributed by atoms with Gasteiger partial charge in [0.2, 0.25) is 5.88 Å². The Bertz CT molecular complexity index is 669. The number of aromatic nitrogens is 1. The van der Waals surface area contributed by atoms with E-state index in [-0.39, 0.29) is 5.84 Å². The highest BCUT2D eigenvalue weighted by molar-refractivity contribution is 7.98. The number of oxime groups is 1. The Kier molecular flexibility index (Phi) is 4.70. The number of benzene rings is 1. The molecule has 1 aromatic carbocycles. The van der Waals surface area contributed by atoms with Crippen LogP contribution < -0.4 is 10.5 Å². The highest BCUT2D eigenvalue weighted by atomic mass is 32.2. The Balaban J connectivity index is 2.42. The molecule has 0 bridgehead atoms. The lowest BCUT2D eigenvalue weighted by atomic mass is 10.1. The standard InChI is InChI=1S/C15H17N3O2S/c1-9-8-10(2)17-15(13(9)14(16)18-19)20-11-4-6-12(21-3)7-5-11/h4-8,19H,1-3H3,(H2,16,18). The average molecular weight is 303 g/mol. The number of ether oxygens (including phenoxy) is 1. The van der Waals surface area contributed by atoms with E-state index in [0.717, 1.165) is 16.2 Å². The van der Waals surface area contributed by atoms with Crippen LogP contribution in [0.3, 0.4) is 0 Å². The first kappa shape index (κ1) is 15.2. The minimum Gasteiger partial charge on any atom is -0.438 e. The van der Waals surface area contributed by atoms with Gasteiger partial charge < -0.3 is 15.7 Å². The van der Waals surface area contributed by atoms with Crippen molar-refractivity contribution in [3.63, 3.8) is 0 Å². The summed E-state index contributed by atoms with van der Waals surface area (Å²) in [5, 5.41) is 12.0. The third-order valence-electron chi connectivity index (χ3n) is 2.95. The lowest BCUT2D eigenvalue weighted by molar-refractivity contribution is 0.318. The van der Waals surface area contributed by atoms with Crippen LogP contribution in [0.25, 0.3) is 0 Å². The number of nitrogens with zero attached hydrogens (tertiary/aromatic N) is 2. The van der Waals surface area contributed by atoms with Crippen molar-refractivity contribution in [1.82, 2.24) is 4.98 Å². The quantitative estimate of drug-likeness (QED) is 0.298. The van der Waals surface area contributed by atoms with Crippen LogP contribution in [0.5, 0.6) is 11.6 Å². The highest BCUT2D eigenvalue weighted by Gasteiger charge is 2.15. The van der Waals surface area contributed by atoms with Crippen molar-refractivity contribution in [3.8, 4) is 11.6 Å². The number of hydrogen-bond acceptors (Lipinski definition) is 5. The second-order valence-electron chi connectivity index (χ2n) is 4.52. The van der Waals surface area contributed by atoms with Gasteiger partial charge in [0.1, 0.15) is 5.75 Å². The molecule has 1 aromatic heterocycles. The fourth-order valence-electron chi connectivity index (χ4n) is 1.99. The zero-order valence-corrected chi connectivity index (χ0v) is 12.9. The largest absolute Gasteiger partial charge is 0.438 e. The van der Waals surface area contributed by atoms with Crippen LogP contribution in [0.1, 0.15) is 16.8 Å². The summed E-state index contributed by atoms with van der Waals surface area (Å²) in [4.78, 5) is 5.49. The molecular formula is C15H17N3O2S. The van der Waals surface area contributed by atoms with Crippen LogP contribution in [-0.2, 0) is 0 Å². The van der Waals surface area contributed by atoms with Gasteiger partial charge >= 0.3 is 0 Å². The molecule has 5 nitrogen and oxygen atoms in total. The van der Waals surface area contributed by atoms with Gasteiger partial charge in [-0.15, -0.1) is 11.8 Å². The molecule has 0 saturated carbocycles. The van der Waals surface area contributed by atoms with Gasteiger partial charge in [-0.1, -0.05) is 5.16 Å². The molecule has 21 heavy (non-hydrogen) atoms. The summed E-state index contributed by atoms with van der Waals surface area (Å²) in [7, 11) is 0. The summed E-state index contributed by atoms with van der Waals surface area (Å²) < 4.78 is 5.80. The Morgan fingerprint density at radius 2 is 1.95 bits per heavy atom. The van der Waals surface area contributed by atoms with E-state index in [9.17, 15) is 0 Å². The van der Waals surface area contributed by atoms with E-state index in [2.05, 4.69) is 10.1 Å². The predicted octanol–water partition coefficient (Wildman–Crippen LogP) is 3.31. The van der Waals surface area contributed by atoms with Crippen LogP contribution in [0, 0.1) is 13.8 Å². The Hall–Kier alpha value is -2.21. The molecule has 6 heteroatoms. The van der Waals surface area contributed by atoms with E-state index in [1.54, 1.807) is 11.8 Å². The number of pyridine rings is 1. The second-order valence-corrected chi connectivity index (χ2v) is 5.40. The molecule has 0 spiro atoms. The van der Waals surface area contributed by atoms with Gasteiger partial charge in [-0.3, -0.25) is 0 Å². The lowest BCUT2D eigenvalue weighted by Gasteiger charge is -2.13. The minimum absolute atomic E-state index is 0.0178. The number of aryl methyl sites for hydroxylation is 2. The molecule has 0 fully saturated rings. The molecular weight excluding hydrogens is 286 g/mol. The van der Waals surface area contributed by atoms with Crippen LogP contribution in [0.15, 0.2) is 40.4 Å². The van der Waals surface area contributed by atoms with Gasteiger partial charge in [-0.2, -0.15) is 0 Å². The zero-order valence-electron chi connectivity index (χ0n) is 12.1. The first-order chi connectivity index (χ1) is 10.0. The molecule has 0 aliphatic carbocycles. The maximum Gasteiger partial charge on any atom is 0.230 e. The molecule has 0 radical (unpaired) electrons. The molecule has 0 aliphatic heterocycles. The van der Waals surface area contributed by atoms with E-state index < -0.39 is 0 Å². The van der Waals surface area contributed by atoms with E-state index in [4.69, 9.17) is 15.7 Å². The SMILES string of the molecule is CSc1ccc(Oc2nc(C)cc(C)c2C(N)=NO)cc1. The van der Waals surface area contributed by atoms with Crippen LogP contribution in [-0.4, -0.2) is 22.3 Å². The Morgan fingerprint density at radius 3 is 2.52 bits per heavy atom. The van der Waals surface area contributed by atoms with Crippen molar-refractivity contribution in [2.24, 2.45) is 10.9 Å². The van der Waals surface area contributed by atoms with Crippen LogP contribution in [0.2, 0.25) is 0 Å². The predicted molar refractivity (Wildman–Crippen MR) is 84.5 cm³/mol. The Morgan fingerprint density at radius 1 is 1.29 bits per heavy atom. The van der Waals surface area contributed by atoms with Gasteiger partial charge in [-0.05, 0) is 56.0 Å². The monoisotopic (exact) mass is 303 g/mol. The number of amidine groups is 1. The normalized spacial score (nSPS) is 11.5. The highest BCUT2D eigenvalue weighted by Crippen LogP contribution is 2.27. The number of thioether (sulfide) groups is 1. The second kappa shape index (κ2) is 6.49. The Labute approximate surface area is 127 Å². The van der Waals surface area contributed by atoms with Crippen molar-refractivity contribution < 1.29 is 9.94 Å². The summed E-state index contributed by atoms with van der Waals surface area (Å²) in [5.41, 5.74) is 7.86. The smallest absolute Gasteiger partial charge is 0.230 e. The fraction of sp³-hybridized carbons (Fsp3) is 0.200. The summed E-state index contributed by atoms with van der Waals surface area (Å²) in [6.45, 7) is 3.73. The molecule has 0 aliphatic rings. The molecule has 0 amide bonds. The van der Waals surface area contributed by atoms with E-state index >= 15 is 0 Å². The maximum atomic E-state index is 8.92. The van der Waals surface area contributed by atoms with Gasteiger partial charge in [0, 0.05) is 10.6 Å². The van der Waals surface area contributed by atoms with Crippen molar-refractivity contribution in [2.45, 2.75) is 18.7 Å². The van der Waals surface area contributed by atoms with E-state index in [0.29, 0.717) is 17.2 Å². The molecule has 3 N–H and O–H groups in total. The van der Waals surface area contributed by atoms with Gasteiger partial charge in [0.25, 0.3) is 0 Å². The molecule has 0 unspecified atom stereocenters. The van der Waals surface area contributed by atoms with E-state index in [1.807, 2.05) is 50.4 Å². The zero-order chi connectivity index (χ0) is 15.4. The summed E-state index contributed by atoms with van der Waals surface area (Å²) in [6.07, 6.45) is 2.01. The lowest BCUT2D eigenvalue weighted by Crippen LogP contribution is -2.17. The molecule has 2 rings (SSSR count). The molecule has 0 atom stereocenters. The summed E-state index contributed by atoms with van der Waals surface area (Å²) in [6, 6.07) is 9.51. The first-order valence-electron chi connectivity index (χ1n) is 6.33. The number of rotatable bonds is 4. The van der Waals surface area contributed by atoms with E-state index in [1.165, 1.54) is 0 Å². The van der Waals surface area contributed by atoms with Crippen molar-refractivity contribution >= 4 is 17.6 Å². The summed E-state index contributed by atoms with van der Waals surface area (Å²) in [5.74, 6) is 0.965. The van der Waals surface area contributed by atoms with Crippen LogP contribution >= 0.6 is 11.8 Å². The molecule has 110 valence electrons. The average Bonchev–Trinajstić information content (AvgIpc) is 2.47. The van der Waals surface area contributed by atoms with Crippen molar-refractivity contribution in [2.75, 3.05) is 6.26 Å². The minimum atomic E-state index is -0.0178. The molecule has 0 saturated heterocycles. The van der Waals surface area contributed by atoms with Gasteiger partial charge in [-0.25, -0.2) is 4.98 Å². The first-order valence-corrected chi connectivity index (χ1v) is 7.55. The number of nitrogens with two attached hydrogens (primary N) is 1. The molecule has 2 aromatic rings. The van der Waals surface area contributed by atoms with Crippen LogP contribution in [0.4, 0.5) is 0 Å². The van der Waals surface area contributed by atoms with Crippen molar-refractivity contribution in [3.05, 3.63) is 47.2 Å². The van der Waals surface area contributed by atoms with Crippen molar-refractivity contribution in [1.29, 1.82) is 0 Å². The number of hydrogen-bond donors (Lipinski definition) is 2. The topological polar surface area (TPSA) is 80.7 Å². The summed E-state index contributed by atoms with van der Waals surface area (Å²) >= 11 is 1.66. The van der Waals surface area contributed by atoms with Gasteiger partial charge in [0.05, 0.1) is 5.56 Å². The third-order valence-corrected chi connectivity index (χ3v) is 3.69. The van der Waals surface area contributed by atoms with Gasteiger partial charge in [0.15, 0.2) is 5.84 Å². The molecule has 1 heterocycles. The fourth-order valence-corrected chi connectivity index (χ4v) is 2.40. The maximum absolute atomic E-state index is 8.92.